The fourth-order valence-corrected chi connectivity index (χ4v) is 2.07. The Balaban J connectivity index is 2.35. The predicted molar refractivity (Wildman–Crippen MR) is 41.1 cm³/mol. The molecule has 0 unspecified atom stereocenters. The van der Waals surface area contributed by atoms with Crippen molar-refractivity contribution in [3.05, 3.63) is 0 Å². The highest BCUT2D eigenvalue weighted by Crippen LogP contribution is 2.20. The molecule has 1 aliphatic heterocycles. The van der Waals surface area contributed by atoms with E-state index >= 15 is 0 Å². The minimum Gasteiger partial charge on any atom is -0.480 e. The lowest BCUT2D eigenvalue weighted by molar-refractivity contribution is -0.138. The smallest absolute Gasteiger partial charge is 0.321 e. The van der Waals surface area contributed by atoms with Gasteiger partial charge in [-0.25, -0.2) is 0 Å². The Morgan fingerprint density at radius 2 is 2.60 bits per heavy atom. The summed E-state index contributed by atoms with van der Waals surface area (Å²) in [6.45, 7) is 2.05. The number of nitrogens with one attached hydrogen (secondary N) is 1. The molecule has 2 N–H and O–H groups in total. The lowest BCUT2D eigenvalue weighted by Crippen LogP contribution is -2.36. The normalized spacial score (nSPS) is 32.5. The molecule has 2 atom stereocenters. The molecule has 0 spiro atoms. The van der Waals surface area contributed by atoms with Crippen molar-refractivity contribution in [2.75, 3.05) is 5.75 Å². The minimum absolute atomic E-state index is 0.324. The Bertz CT molecular complexity index is 140. The number of carbonyl (C=O) groups is 1. The highest BCUT2D eigenvalue weighted by atomic mass is 32.2. The third kappa shape index (κ3) is 1.64. The molecule has 1 fully saturated rings. The third-order valence-corrected chi connectivity index (χ3v) is 2.92. The Morgan fingerprint density at radius 3 is 2.90 bits per heavy atom. The molecule has 1 saturated heterocycles. The number of thioether (sulfide) groups is 1. The van der Waals surface area contributed by atoms with Crippen molar-refractivity contribution in [3.63, 3.8) is 0 Å². The quantitative estimate of drug-likeness (QED) is 0.619. The first-order valence-electron chi connectivity index (χ1n) is 3.34. The fourth-order valence-electron chi connectivity index (χ4n) is 0.911. The summed E-state index contributed by atoms with van der Waals surface area (Å²) in [5, 5.41) is 11.9. The Labute approximate surface area is 64.2 Å². The van der Waals surface area contributed by atoms with Gasteiger partial charge in [0.1, 0.15) is 6.04 Å². The SMILES string of the molecule is CC[C@@H]1N[C@H](C(=O)O)CS1. The van der Waals surface area contributed by atoms with Crippen LogP contribution >= 0.6 is 11.8 Å². The summed E-state index contributed by atoms with van der Waals surface area (Å²) in [6, 6.07) is -0.324. The largest absolute Gasteiger partial charge is 0.480 e. The summed E-state index contributed by atoms with van der Waals surface area (Å²) in [4.78, 5) is 10.4. The molecule has 58 valence electrons. The van der Waals surface area contributed by atoms with Gasteiger partial charge < -0.3 is 5.11 Å². The molecule has 0 saturated carbocycles. The molecule has 0 aromatic heterocycles. The van der Waals surface area contributed by atoms with E-state index in [0.29, 0.717) is 11.1 Å². The zero-order valence-electron chi connectivity index (χ0n) is 5.83. The van der Waals surface area contributed by atoms with E-state index in [0.717, 1.165) is 6.42 Å². The van der Waals surface area contributed by atoms with E-state index in [2.05, 4.69) is 12.2 Å². The number of hydrogen-bond donors (Lipinski definition) is 2. The van der Waals surface area contributed by atoms with Gasteiger partial charge in [-0.1, -0.05) is 6.92 Å². The summed E-state index contributed by atoms with van der Waals surface area (Å²) < 4.78 is 0. The first kappa shape index (κ1) is 7.88. The van der Waals surface area contributed by atoms with Crippen molar-refractivity contribution in [1.29, 1.82) is 0 Å². The maximum atomic E-state index is 10.4. The molecule has 0 aliphatic carbocycles. The molecule has 1 aliphatic rings. The maximum Gasteiger partial charge on any atom is 0.321 e. The van der Waals surface area contributed by atoms with Crippen LogP contribution in [-0.2, 0) is 4.79 Å². The van der Waals surface area contributed by atoms with Crippen molar-refractivity contribution < 1.29 is 9.90 Å². The van der Waals surface area contributed by atoms with Gasteiger partial charge in [-0.2, -0.15) is 0 Å². The first-order valence-corrected chi connectivity index (χ1v) is 4.39. The molecule has 0 amide bonds. The van der Waals surface area contributed by atoms with Crippen LogP contribution in [0.25, 0.3) is 0 Å². The Morgan fingerprint density at radius 1 is 1.90 bits per heavy atom. The van der Waals surface area contributed by atoms with E-state index in [1.807, 2.05) is 0 Å². The first-order chi connectivity index (χ1) is 4.74. The van der Waals surface area contributed by atoms with Crippen LogP contribution in [0.4, 0.5) is 0 Å². The molecule has 0 bridgehead atoms. The van der Waals surface area contributed by atoms with E-state index in [4.69, 9.17) is 5.11 Å². The van der Waals surface area contributed by atoms with Gasteiger partial charge in [-0.05, 0) is 6.42 Å². The Kier molecular flexibility index (Phi) is 2.56. The van der Waals surface area contributed by atoms with Gasteiger partial charge >= 0.3 is 5.97 Å². The summed E-state index contributed by atoms with van der Waals surface area (Å²) in [7, 11) is 0. The van der Waals surface area contributed by atoms with E-state index in [9.17, 15) is 4.79 Å². The van der Waals surface area contributed by atoms with Crippen LogP contribution in [0, 0.1) is 0 Å². The number of carboxylic acid groups (broad SMARTS) is 1. The van der Waals surface area contributed by atoms with Crippen LogP contribution < -0.4 is 5.32 Å². The number of hydrogen-bond acceptors (Lipinski definition) is 3. The van der Waals surface area contributed by atoms with E-state index in [-0.39, 0.29) is 6.04 Å². The van der Waals surface area contributed by atoms with Crippen LogP contribution in [0.15, 0.2) is 0 Å². The third-order valence-electron chi connectivity index (χ3n) is 1.52. The van der Waals surface area contributed by atoms with Gasteiger partial charge in [0.15, 0.2) is 0 Å². The molecule has 0 radical (unpaired) electrons. The molecule has 0 aromatic carbocycles. The van der Waals surface area contributed by atoms with Crippen molar-refractivity contribution >= 4 is 17.7 Å². The van der Waals surface area contributed by atoms with E-state index in [1.165, 1.54) is 0 Å². The maximum absolute atomic E-state index is 10.4. The average molecular weight is 161 g/mol. The predicted octanol–water partition coefficient (Wildman–Crippen LogP) is 0.512. The van der Waals surface area contributed by atoms with E-state index < -0.39 is 5.97 Å². The van der Waals surface area contributed by atoms with Gasteiger partial charge in [-0.15, -0.1) is 11.8 Å². The second-order valence-electron chi connectivity index (χ2n) is 2.29. The second-order valence-corrected chi connectivity index (χ2v) is 3.52. The van der Waals surface area contributed by atoms with Gasteiger partial charge in [0.05, 0.1) is 5.37 Å². The highest BCUT2D eigenvalue weighted by molar-refractivity contribution is 8.00. The van der Waals surface area contributed by atoms with Crippen molar-refractivity contribution in [1.82, 2.24) is 5.32 Å². The van der Waals surface area contributed by atoms with Crippen molar-refractivity contribution in [2.45, 2.75) is 24.8 Å². The molecule has 4 heteroatoms. The summed E-state index contributed by atoms with van der Waals surface area (Å²) in [5.41, 5.74) is 0. The van der Waals surface area contributed by atoms with Gasteiger partial charge in [-0.3, -0.25) is 10.1 Å². The van der Waals surface area contributed by atoms with Crippen LogP contribution in [-0.4, -0.2) is 28.2 Å². The summed E-state index contributed by atoms with van der Waals surface area (Å²) in [5.74, 6) is -0.0307. The van der Waals surface area contributed by atoms with Crippen molar-refractivity contribution in [2.24, 2.45) is 0 Å². The zero-order valence-corrected chi connectivity index (χ0v) is 6.65. The van der Waals surface area contributed by atoms with Crippen LogP contribution in [0.3, 0.4) is 0 Å². The zero-order chi connectivity index (χ0) is 7.56. The molecule has 1 heterocycles. The van der Waals surface area contributed by atoms with Gasteiger partial charge in [0.25, 0.3) is 0 Å². The topological polar surface area (TPSA) is 49.3 Å². The standard InChI is InChI=1S/C6H11NO2S/c1-2-5-7-4(3-10-5)6(8)9/h4-5,7H,2-3H2,1H3,(H,8,9)/t4-,5+/m0/s1. The van der Waals surface area contributed by atoms with Crippen LogP contribution in [0.2, 0.25) is 0 Å². The van der Waals surface area contributed by atoms with E-state index in [1.54, 1.807) is 11.8 Å². The second kappa shape index (κ2) is 3.25. The summed E-state index contributed by atoms with van der Waals surface area (Å²) in [6.07, 6.45) is 0.994. The molecular formula is C6H11NO2S. The average Bonchev–Trinajstić information content (AvgIpc) is 2.34. The summed E-state index contributed by atoms with van der Waals surface area (Å²) >= 11 is 1.69. The molecule has 3 nitrogen and oxygen atoms in total. The van der Waals surface area contributed by atoms with Crippen LogP contribution in [0.5, 0.6) is 0 Å². The monoisotopic (exact) mass is 161 g/mol. The lowest BCUT2D eigenvalue weighted by atomic mass is 10.3. The molecule has 10 heavy (non-hydrogen) atoms. The highest BCUT2D eigenvalue weighted by Gasteiger charge is 2.27. The number of aliphatic carboxylic acids is 1. The minimum atomic E-state index is -0.733. The fraction of sp³-hybridized carbons (Fsp3) is 0.833. The molecular weight excluding hydrogens is 150 g/mol. The Hall–Kier alpha value is -0.220. The number of rotatable bonds is 2. The molecule has 1 rings (SSSR count). The van der Waals surface area contributed by atoms with Gasteiger partial charge in [0, 0.05) is 5.75 Å². The van der Waals surface area contributed by atoms with Crippen molar-refractivity contribution in [3.8, 4) is 0 Å². The lowest BCUT2D eigenvalue weighted by Gasteiger charge is -2.06. The molecule has 0 aromatic rings. The number of carboxylic acids is 1. The van der Waals surface area contributed by atoms with Gasteiger partial charge in [0.2, 0.25) is 0 Å². The van der Waals surface area contributed by atoms with Crippen LogP contribution in [0.1, 0.15) is 13.3 Å².